The summed E-state index contributed by atoms with van der Waals surface area (Å²) in [5.41, 5.74) is 1.70. The summed E-state index contributed by atoms with van der Waals surface area (Å²) in [5.74, 6) is 0.222. The van der Waals surface area contributed by atoms with E-state index in [9.17, 15) is 5.11 Å². The summed E-state index contributed by atoms with van der Waals surface area (Å²) in [6.45, 7) is 0. The van der Waals surface area contributed by atoms with Crippen LogP contribution in [0.15, 0.2) is 29.3 Å². The van der Waals surface area contributed by atoms with E-state index in [2.05, 4.69) is 30.5 Å². The van der Waals surface area contributed by atoms with E-state index >= 15 is 0 Å². The lowest BCUT2D eigenvalue weighted by molar-refractivity contribution is 0.475. The number of hydrogen-bond donors (Lipinski definition) is 4. The predicted molar refractivity (Wildman–Crippen MR) is 68.4 cm³/mol. The van der Waals surface area contributed by atoms with Gasteiger partial charge in [-0.3, -0.25) is 5.10 Å². The molecule has 6 heteroatoms. The molecule has 2 rings (SSSR count). The first-order valence-electron chi connectivity index (χ1n) is 4.12. The number of benzene rings is 1. The van der Waals surface area contributed by atoms with Crippen LogP contribution >= 0.6 is 37.7 Å². The van der Waals surface area contributed by atoms with E-state index in [4.69, 9.17) is 12.2 Å². The Morgan fingerprint density at radius 2 is 1.87 bits per heavy atom. The van der Waals surface area contributed by atoms with Crippen LogP contribution in [0.4, 0.5) is 0 Å². The highest BCUT2D eigenvalue weighted by molar-refractivity contribution is 7.82. The number of aromatic hydroxyl groups is 1. The Balaban J connectivity index is 2.64. The van der Waals surface area contributed by atoms with E-state index in [1.807, 2.05) is 0 Å². The van der Waals surface area contributed by atoms with E-state index in [0.717, 1.165) is 11.1 Å². The fourth-order valence-electron chi connectivity index (χ4n) is 1.30. The van der Waals surface area contributed by atoms with Gasteiger partial charge in [0.15, 0.2) is 0 Å². The molecule has 78 valence electrons. The van der Waals surface area contributed by atoms with Crippen molar-refractivity contribution in [3.05, 3.63) is 28.9 Å². The highest BCUT2D eigenvalue weighted by Crippen LogP contribution is 2.29. The Morgan fingerprint density at radius 1 is 1.27 bits per heavy atom. The van der Waals surface area contributed by atoms with E-state index < -0.39 is 0 Å². The molecule has 2 N–H and O–H groups in total. The van der Waals surface area contributed by atoms with Gasteiger partial charge in [-0.25, -0.2) is 4.09 Å². The molecular formula is C9H8N2OS3. The molecule has 1 aromatic carbocycles. The molecule has 15 heavy (non-hydrogen) atoms. The van der Waals surface area contributed by atoms with Crippen molar-refractivity contribution in [2.24, 2.45) is 0 Å². The van der Waals surface area contributed by atoms with Gasteiger partial charge >= 0.3 is 0 Å². The van der Waals surface area contributed by atoms with Gasteiger partial charge < -0.3 is 5.11 Å². The molecule has 0 atom stereocenters. The summed E-state index contributed by atoms with van der Waals surface area (Å²) >= 11 is 13.6. The maximum Gasteiger partial charge on any atom is 0.129 e. The number of nitrogens with one attached hydrogen (secondary N) is 1. The molecule has 0 saturated heterocycles. The Hall–Kier alpha value is -0.850. The zero-order chi connectivity index (χ0) is 11.0. The summed E-state index contributed by atoms with van der Waals surface area (Å²) in [7, 11) is 0. The molecule has 1 aromatic heterocycles. The van der Waals surface area contributed by atoms with Gasteiger partial charge in [-0.15, -0.1) is 12.6 Å². The highest BCUT2D eigenvalue weighted by Gasteiger charge is 2.09. The van der Waals surface area contributed by atoms with Crippen LogP contribution in [0.25, 0.3) is 11.1 Å². The normalized spacial score (nSPS) is 10.5. The molecular weight excluding hydrogens is 248 g/mol. The molecule has 0 bridgehead atoms. The van der Waals surface area contributed by atoms with Gasteiger partial charge in [0.1, 0.15) is 15.4 Å². The first-order chi connectivity index (χ1) is 7.09. The molecule has 2 aromatic rings. The summed E-state index contributed by atoms with van der Waals surface area (Å²) in [6, 6.07) is 6.77. The molecule has 0 aliphatic heterocycles. The fraction of sp³-hybridized carbons (Fsp3) is 0. The number of hydrogen-bond acceptors (Lipinski definition) is 4. The number of phenols is 1. The molecule has 0 saturated carbocycles. The molecule has 0 aliphatic carbocycles. The molecule has 0 radical (unpaired) electrons. The van der Waals surface area contributed by atoms with Crippen molar-refractivity contribution in [1.29, 1.82) is 0 Å². The maximum absolute atomic E-state index is 9.17. The average Bonchev–Trinajstić information content (AvgIpc) is 2.44. The zero-order valence-corrected chi connectivity index (χ0v) is 10.1. The number of H-pyrrole nitrogens is 1. The van der Waals surface area contributed by atoms with Crippen LogP contribution in [0.1, 0.15) is 0 Å². The van der Waals surface area contributed by atoms with Crippen LogP contribution in [-0.2, 0) is 0 Å². The Kier molecular flexibility index (Phi) is 2.81. The standard InChI is InChI=1S/C9H8N2OS3/c12-6-3-1-5(2-4-6)7-8(13)10-11(15)9(7)14/h1-4,12,14-15H,(H,10,13). The van der Waals surface area contributed by atoms with E-state index in [0.29, 0.717) is 9.67 Å². The van der Waals surface area contributed by atoms with Crippen LogP contribution in [0, 0.1) is 4.64 Å². The lowest BCUT2D eigenvalue weighted by atomic mass is 10.1. The molecule has 0 aliphatic rings. The topological polar surface area (TPSA) is 41.0 Å². The van der Waals surface area contributed by atoms with Gasteiger partial charge in [-0.2, -0.15) is 0 Å². The second kappa shape index (κ2) is 3.96. The van der Waals surface area contributed by atoms with Gasteiger partial charge in [-0.05, 0) is 30.5 Å². The van der Waals surface area contributed by atoms with Gasteiger partial charge in [0.2, 0.25) is 0 Å². The lowest BCUT2D eigenvalue weighted by Gasteiger charge is -1.99. The van der Waals surface area contributed by atoms with E-state index in [1.54, 1.807) is 24.3 Å². The summed E-state index contributed by atoms with van der Waals surface area (Å²) in [6.07, 6.45) is 0. The van der Waals surface area contributed by atoms with Crippen molar-refractivity contribution in [2.75, 3.05) is 0 Å². The molecule has 0 spiro atoms. The van der Waals surface area contributed by atoms with Crippen LogP contribution in [0.3, 0.4) is 0 Å². The van der Waals surface area contributed by atoms with Gasteiger partial charge in [0.05, 0.1) is 5.56 Å². The Labute approximate surface area is 103 Å². The summed E-state index contributed by atoms with van der Waals surface area (Å²) in [5, 5.41) is 12.7. The SMILES string of the molecule is Oc1ccc(-c2c(S)n(S)[nH]c2=S)cc1. The van der Waals surface area contributed by atoms with Crippen molar-refractivity contribution in [1.82, 2.24) is 9.19 Å². The summed E-state index contributed by atoms with van der Waals surface area (Å²) in [4.78, 5) is 0. The van der Waals surface area contributed by atoms with Crippen LogP contribution in [0.5, 0.6) is 5.75 Å². The molecule has 0 amide bonds. The highest BCUT2D eigenvalue weighted by atomic mass is 32.1. The van der Waals surface area contributed by atoms with Crippen molar-refractivity contribution in [3.8, 4) is 16.9 Å². The maximum atomic E-state index is 9.17. The minimum Gasteiger partial charge on any atom is -0.508 e. The number of nitrogens with zero attached hydrogens (tertiary/aromatic N) is 1. The molecule has 0 unspecified atom stereocenters. The smallest absolute Gasteiger partial charge is 0.129 e. The largest absolute Gasteiger partial charge is 0.508 e. The van der Waals surface area contributed by atoms with Gasteiger partial charge in [0, 0.05) is 0 Å². The number of aromatic nitrogens is 2. The second-order valence-electron chi connectivity index (χ2n) is 3.00. The monoisotopic (exact) mass is 256 g/mol. The third kappa shape index (κ3) is 1.92. The van der Waals surface area contributed by atoms with Crippen molar-refractivity contribution >= 4 is 37.7 Å². The number of rotatable bonds is 1. The Bertz CT molecular complexity index is 541. The molecule has 0 fully saturated rings. The van der Waals surface area contributed by atoms with Crippen molar-refractivity contribution in [3.63, 3.8) is 0 Å². The van der Waals surface area contributed by atoms with Crippen molar-refractivity contribution < 1.29 is 5.11 Å². The molecule has 1 heterocycles. The first kappa shape index (κ1) is 10.7. The van der Waals surface area contributed by atoms with Crippen LogP contribution in [0.2, 0.25) is 0 Å². The van der Waals surface area contributed by atoms with Gasteiger partial charge in [0.25, 0.3) is 0 Å². The first-order valence-corrected chi connectivity index (χ1v) is 5.38. The van der Waals surface area contributed by atoms with Crippen LogP contribution < -0.4 is 0 Å². The number of aromatic amines is 1. The predicted octanol–water partition coefficient (Wildman–Crippen LogP) is 2.90. The van der Waals surface area contributed by atoms with Crippen molar-refractivity contribution in [2.45, 2.75) is 5.03 Å². The van der Waals surface area contributed by atoms with E-state index in [-0.39, 0.29) is 5.75 Å². The molecule has 3 nitrogen and oxygen atoms in total. The second-order valence-corrected chi connectivity index (χ2v) is 4.23. The lowest BCUT2D eigenvalue weighted by Crippen LogP contribution is -1.81. The average molecular weight is 256 g/mol. The third-order valence-electron chi connectivity index (χ3n) is 2.01. The minimum atomic E-state index is 0.222. The fourth-order valence-corrected chi connectivity index (χ4v) is 2.24. The van der Waals surface area contributed by atoms with Gasteiger partial charge in [-0.1, -0.05) is 24.4 Å². The summed E-state index contributed by atoms with van der Waals surface area (Å²) < 4.78 is 2.02. The minimum absolute atomic E-state index is 0.222. The van der Waals surface area contributed by atoms with E-state index in [1.165, 1.54) is 4.09 Å². The van der Waals surface area contributed by atoms with Crippen LogP contribution in [-0.4, -0.2) is 14.3 Å². The number of thiol groups is 2. The third-order valence-corrected chi connectivity index (χ3v) is 3.19. The quantitative estimate of drug-likeness (QED) is 0.468. The zero-order valence-electron chi connectivity index (χ0n) is 7.51. The Morgan fingerprint density at radius 3 is 2.33 bits per heavy atom. The number of phenolic OH excluding ortho intramolecular Hbond substituents is 1.